The Kier molecular flexibility index (Phi) is 4.76. The van der Waals surface area contributed by atoms with E-state index >= 15 is 0 Å². The highest BCUT2D eigenvalue weighted by Crippen LogP contribution is 2.17. The van der Waals surface area contributed by atoms with E-state index in [1.807, 2.05) is 18.2 Å². The lowest BCUT2D eigenvalue weighted by Gasteiger charge is -2.18. The molecule has 1 aliphatic rings. The summed E-state index contributed by atoms with van der Waals surface area (Å²) >= 11 is 5.78. The topological polar surface area (TPSA) is 63.1 Å². The van der Waals surface area contributed by atoms with Gasteiger partial charge in [-0.2, -0.15) is 0 Å². The Labute approximate surface area is 123 Å². The molecule has 2 atom stereocenters. The van der Waals surface area contributed by atoms with Crippen LogP contribution in [-0.4, -0.2) is 16.5 Å². The molecule has 0 fully saturated rings. The molecule has 0 saturated heterocycles. The molecule has 1 aromatic rings. The smallest absolute Gasteiger partial charge is 0.269 e. The van der Waals surface area contributed by atoms with Crippen LogP contribution in [0.1, 0.15) is 16.8 Å². The van der Waals surface area contributed by atoms with Gasteiger partial charge in [-0.05, 0) is 12.5 Å². The van der Waals surface area contributed by atoms with Gasteiger partial charge in [-0.1, -0.05) is 35.1 Å². The number of rotatable bonds is 3. The number of aromatic nitrogens is 1. The largest absolute Gasteiger partial charge is 0.317 e. The quantitative estimate of drug-likeness (QED) is 0.654. The highest BCUT2D eigenvalue weighted by molar-refractivity contribution is 7.22. The molecule has 20 heavy (non-hydrogen) atoms. The number of hydrogen-bond acceptors (Lipinski definition) is 3. The van der Waals surface area contributed by atoms with Crippen LogP contribution >= 0.6 is 20.8 Å². The van der Waals surface area contributed by atoms with E-state index in [2.05, 4.69) is 20.1 Å². The molecule has 1 amide bonds. The Morgan fingerprint density at radius 3 is 2.95 bits per heavy atom. The number of aryl methyl sites for hydroxylation is 1. The van der Waals surface area contributed by atoms with Gasteiger partial charge in [0.05, 0.1) is 5.56 Å². The second kappa shape index (κ2) is 6.35. The first-order valence-electron chi connectivity index (χ1n) is 6.02. The highest BCUT2D eigenvalue weighted by atomic mass is 35.5. The SMILES string of the molecule is Cn1cc(C(=O)NN[C@H]2C=CC=C(P)C2)cc(Cl)c1=O. The minimum atomic E-state index is -0.337. The van der Waals surface area contributed by atoms with Gasteiger partial charge in [0.1, 0.15) is 5.02 Å². The third kappa shape index (κ3) is 3.57. The Bertz CT molecular complexity index is 625. The number of pyridine rings is 1. The predicted molar refractivity (Wildman–Crippen MR) is 82.6 cm³/mol. The number of carbonyl (C=O) groups is 1. The zero-order valence-electron chi connectivity index (χ0n) is 10.9. The van der Waals surface area contributed by atoms with Gasteiger partial charge >= 0.3 is 0 Å². The predicted octanol–water partition coefficient (Wildman–Crippen LogP) is 1.36. The van der Waals surface area contributed by atoms with Gasteiger partial charge in [-0.25, -0.2) is 5.43 Å². The van der Waals surface area contributed by atoms with E-state index in [1.165, 1.54) is 16.8 Å². The molecule has 0 spiro atoms. The number of allylic oxidation sites excluding steroid dienone is 2. The van der Waals surface area contributed by atoms with E-state index in [0.29, 0.717) is 5.56 Å². The Balaban J connectivity index is 2.01. The summed E-state index contributed by atoms with van der Waals surface area (Å²) in [5, 5.41) is 1.18. The van der Waals surface area contributed by atoms with Crippen molar-refractivity contribution < 1.29 is 4.79 Å². The van der Waals surface area contributed by atoms with Gasteiger partial charge in [0.2, 0.25) is 0 Å². The highest BCUT2D eigenvalue weighted by Gasteiger charge is 2.13. The Morgan fingerprint density at radius 2 is 2.30 bits per heavy atom. The molecular formula is C13H15ClN3O2P. The zero-order chi connectivity index (χ0) is 14.7. The molecule has 1 heterocycles. The third-order valence-corrected chi connectivity index (χ3v) is 3.58. The van der Waals surface area contributed by atoms with Crippen molar-refractivity contribution in [3.8, 4) is 0 Å². The van der Waals surface area contributed by atoms with Crippen molar-refractivity contribution in [3.63, 3.8) is 0 Å². The van der Waals surface area contributed by atoms with Crippen LogP contribution in [0.5, 0.6) is 0 Å². The third-order valence-electron chi connectivity index (χ3n) is 2.88. The maximum absolute atomic E-state index is 12.0. The zero-order valence-corrected chi connectivity index (χ0v) is 12.8. The van der Waals surface area contributed by atoms with Gasteiger partial charge < -0.3 is 4.57 Å². The Morgan fingerprint density at radius 1 is 1.55 bits per heavy atom. The van der Waals surface area contributed by atoms with E-state index < -0.39 is 0 Å². The van der Waals surface area contributed by atoms with Crippen molar-refractivity contribution in [2.75, 3.05) is 0 Å². The summed E-state index contributed by atoms with van der Waals surface area (Å²) in [7, 11) is 4.19. The minimum Gasteiger partial charge on any atom is -0.317 e. The maximum Gasteiger partial charge on any atom is 0.269 e. The fourth-order valence-corrected chi connectivity index (χ4v) is 2.44. The van der Waals surface area contributed by atoms with E-state index in [0.717, 1.165) is 11.7 Å². The lowest BCUT2D eigenvalue weighted by molar-refractivity contribution is 0.0928. The molecule has 1 aliphatic carbocycles. The maximum atomic E-state index is 12.0. The summed E-state index contributed by atoms with van der Waals surface area (Å²) in [6.07, 6.45) is 8.14. The lowest BCUT2D eigenvalue weighted by Crippen LogP contribution is -2.44. The number of hydrogen-bond donors (Lipinski definition) is 2. The summed E-state index contributed by atoms with van der Waals surface area (Å²) in [6, 6.07) is 1.40. The van der Waals surface area contributed by atoms with Crippen molar-refractivity contribution in [1.82, 2.24) is 15.4 Å². The number of amides is 1. The first-order valence-corrected chi connectivity index (χ1v) is 6.98. The molecular weight excluding hydrogens is 297 g/mol. The summed E-state index contributed by atoms with van der Waals surface area (Å²) < 4.78 is 1.28. The van der Waals surface area contributed by atoms with Crippen LogP contribution in [0, 0.1) is 0 Å². The van der Waals surface area contributed by atoms with Crippen molar-refractivity contribution in [3.05, 3.63) is 56.7 Å². The fraction of sp³-hybridized carbons (Fsp3) is 0.231. The van der Waals surface area contributed by atoms with Gasteiger partial charge in [-0.3, -0.25) is 15.0 Å². The molecule has 0 saturated carbocycles. The summed E-state index contributed by atoms with van der Waals surface area (Å²) in [5.41, 5.74) is 5.54. The molecule has 2 N–H and O–H groups in total. The normalized spacial score (nSPS) is 17.8. The second-order valence-corrected chi connectivity index (χ2v) is 5.68. The van der Waals surface area contributed by atoms with Gasteiger partial charge in [0.25, 0.3) is 11.5 Å². The summed E-state index contributed by atoms with van der Waals surface area (Å²) in [6.45, 7) is 0. The van der Waals surface area contributed by atoms with Crippen LogP contribution in [0.3, 0.4) is 0 Å². The van der Waals surface area contributed by atoms with E-state index in [9.17, 15) is 9.59 Å². The van der Waals surface area contributed by atoms with Crippen LogP contribution in [-0.2, 0) is 7.05 Å². The van der Waals surface area contributed by atoms with Crippen LogP contribution in [0.25, 0.3) is 0 Å². The summed E-state index contributed by atoms with van der Waals surface area (Å²) in [4.78, 5) is 23.4. The van der Waals surface area contributed by atoms with Gasteiger partial charge in [0.15, 0.2) is 0 Å². The van der Waals surface area contributed by atoms with Crippen molar-refractivity contribution >= 4 is 26.7 Å². The van der Waals surface area contributed by atoms with Crippen LogP contribution < -0.4 is 16.4 Å². The lowest BCUT2D eigenvalue weighted by atomic mass is 10.1. The monoisotopic (exact) mass is 311 g/mol. The van der Waals surface area contributed by atoms with E-state index in [-0.39, 0.29) is 22.5 Å². The molecule has 5 nitrogen and oxygen atoms in total. The molecule has 0 bridgehead atoms. The number of nitrogens with one attached hydrogen (secondary N) is 2. The van der Waals surface area contributed by atoms with Crippen molar-refractivity contribution in [2.24, 2.45) is 7.05 Å². The standard InChI is InChI=1S/C13H15ClN3O2P/c1-17-7-8(5-11(14)13(17)19)12(18)16-15-9-3-2-4-10(20)6-9/h2-5,7,9,15H,6,20H2,1H3,(H,16,18)/t9-/m0/s1. The first-order chi connectivity index (χ1) is 9.47. The molecule has 2 rings (SSSR count). The van der Waals surface area contributed by atoms with E-state index in [1.54, 1.807) is 7.05 Å². The van der Waals surface area contributed by atoms with Crippen LogP contribution in [0.15, 0.2) is 40.6 Å². The molecule has 106 valence electrons. The van der Waals surface area contributed by atoms with Crippen molar-refractivity contribution in [1.29, 1.82) is 0 Å². The number of hydrazine groups is 1. The molecule has 1 aromatic heterocycles. The van der Waals surface area contributed by atoms with Crippen molar-refractivity contribution in [2.45, 2.75) is 12.5 Å². The molecule has 7 heteroatoms. The average molecular weight is 312 g/mol. The Hall–Kier alpha value is -1.42. The molecule has 0 aliphatic heterocycles. The van der Waals surface area contributed by atoms with Gasteiger partial charge in [0, 0.05) is 19.3 Å². The molecule has 0 radical (unpaired) electrons. The minimum absolute atomic E-state index is 0.0212. The molecule has 0 aromatic carbocycles. The fourth-order valence-electron chi connectivity index (χ4n) is 1.83. The van der Waals surface area contributed by atoms with Crippen LogP contribution in [0.2, 0.25) is 5.02 Å². The van der Waals surface area contributed by atoms with E-state index in [4.69, 9.17) is 11.6 Å². The second-order valence-electron chi connectivity index (χ2n) is 4.53. The van der Waals surface area contributed by atoms with Gasteiger partial charge in [-0.15, -0.1) is 9.24 Å². The average Bonchev–Trinajstić information content (AvgIpc) is 2.41. The number of nitrogens with zero attached hydrogens (tertiary/aromatic N) is 1. The number of carbonyl (C=O) groups excluding carboxylic acids is 1. The van der Waals surface area contributed by atoms with Crippen LogP contribution in [0.4, 0.5) is 0 Å². The molecule has 1 unspecified atom stereocenters. The first kappa shape index (κ1) is 15.0. The summed E-state index contributed by atoms with van der Waals surface area (Å²) in [5.74, 6) is -0.337. The number of halogens is 1.